The van der Waals surface area contributed by atoms with Gasteiger partial charge in [-0.05, 0) is 42.9 Å². The maximum atomic E-state index is 6.25. The molecule has 2 aliphatic heterocycles. The van der Waals surface area contributed by atoms with E-state index in [0.29, 0.717) is 54.3 Å². The SMILES string of the molecule is CCC1O[C@@H](OCC2O[C@@H](C)C(C)C(C)[C@H]2C)C(C)C(C)[C@H]1C. The lowest BCUT2D eigenvalue weighted by Gasteiger charge is -2.45. The smallest absolute Gasteiger partial charge is 0.160 e. The summed E-state index contributed by atoms with van der Waals surface area (Å²) in [6.07, 6.45) is 1.77. The van der Waals surface area contributed by atoms with Crippen molar-refractivity contribution < 1.29 is 14.2 Å². The number of ether oxygens (including phenoxy) is 3. The standard InChI is InChI=1S/C20H38O3/c1-9-18-14(5)12(3)16(7)20(23-18)21-10-19-15(6)11(2)13(4)17(8)22-19/h11-20H,9-10H2,1-8H3/t11?,12?,13?,14-,15-,16?,17+,18?,19?,20-/m1/s1. The van der Waals surface area contributed by atoms with E-state index in [4.69, 9.17) is 14.2 Å². The maximum absolute atomic E-state index is 6.25. The van der Waals surface area contributed by atoms with Crippen LogP contribution in [0.4, 0.5) is 0 Å². The summed E-state index contributed by atoms with van der Waals surface area (Å²) >= 11 is 0. The summed E-state index contributed by atoms with van der Waals surface area (Å²) < 4.78 is 18.7. The van der Waals surface area contributed by atoms with Crippen LogP contribution in [0.15, 0.2) is 0 Å². The van der Waals surface area contributed by atoms with Crippen molar-refractivity contribution >= 4 is 0 Å². The van der Waals surface area contributed by atoms with E-state index >= 15 is 0 Å². The molecule has 23 heavy (non-hydrogen) atoms. The Labute approximate surface area is 143 Å². The minimum absolute atomic E-state index is 0.0908. The first-order chi connectivity index (χ1) is 10.8. The van der Waals surface area contributed by atoms with E-state index in [2.05, 4.69) is 55.4 Å². The molecule has 2 rings (SSSR count). The summed E-state index contributed by atoms with van der Waals surface area (Å²) in [4.78, 5) is 0. The van der Waals surface area contributed by atoms with Gasteiger partial charge in [0.25, 0.3) is 0 Å². The van der Waals surface area contributed by atoms with Gasteiger partial charge in [-0.2, -0.15) is 0 Å². The molecule has 10 atom stereocenters. The molecule has 0 N–H and O–H groups in total. The van der Waals surface area contributed by atoms with Gasteiger partial charge in [-0.1, -0.05) is 48.5 Å². The van der Waals surface area contributed by atoms with Crippen molar-refractivity contribution in [1.29, 1.82) is 0 Å². The Balaban J connectivity index is 1.94. The molecule has 0 bridgehead atoms. The van der Waals surface area contributed by atoms with E-state index in [9.17, 15) is 0 Å². The van der Waals surface area contributed by atoms with Crippen molar-refractivity contribution in [3.8, 4) is 0 Å². The molecule has 0 radical (unpaired) electrons. The summed E-state index contributed by atoms with van der Waals surface area (Å²) in [5, 5.41) is 0. The van der Waals surface area contributed by atoms with Crippen LogP contribution in [0.3, 0.4) is 0 Å². The van der Waals surface area contributed by atoms with Crippen molar-refractivity contribution in [3.63, 3.8) is 0 Å². The Morgan fingerprint density at radius 3 is 1.83 bits per heavy atom. The second kappa shape index (κ2) is 7.84. The minimum Gasteiger partial charge on any atom is -0.372 e. The third-order valence-corrected chi connectivity index (χ3v) is 7.19. The highest BCUT2D eigenvalue weighted by Crippen LogP contribution is 2.38. The lowest BCUT2D eigenvalue weighted by atomic mass is 9.77. The molecule has 2 fully saturated rings. The second-order valence-electron chi connectivity index (χ2n) is 8.32. The highest BCUT2D eigenvalue weighted by molar-refractivity contribution is 4.85. The summed E-state index contributed by atoms with van der Waals surface area (Å²) in [5.41, 5.74) is 0. The van der Waals surface area contributed by atoms with Gasteiger partial charge in [-0.15, -0.1) is 0 Å². The normalized spacial score (nSPS) is 51.7. The predicted octanol–water partition coefficient (Wildman–Crippen LogP) is 4.74. The van der Waals surface area contributed by atoms with Crippen molar-refractivity contribution in [1.82, 2.24) is 0 Å². The average molecular weight is 327 g/mol. The number of hydrogen-bond acceptors (Lipinski definition) is 3. The highest BCUT2D eigenvalue weighted by Gasteiger charge is 2.41. The summed E-state index contributed by atoms with van der Waals surface area (Å²) in [6, 6.07) is 0. The Bertz CT molecular complexity index is 370. The molecule has 0 aliphatic carbocycles. The van der Waals surface area contributed by atoms with E-state index in [0.717, 1.165) is 6.42 Å². The Kier molecular flexibility index (Phi) is 6.55. The fourth-order valence-electron chi connectivity index (χ4n) is 4.29. The second-order valence-corrected chi connectivity index (χ2v) is 8.32. The zero-order valence-electron chi connectivity index (χ0n) is 16.4. The van der Waals surface area contributed by atoms with Crippen LogP contribution < -0.4 is 0 Å². The molecule has 2 saturated heterocycles. The molecule has 0 aromatic carbocycles. The molecule has 0 aromatic rings. The lowest BCUT2D eigenvalue weighted by molar-refractivity contribution is -0.265. The van der Waals surface area contributed by atoms with Gasteiger partial charge in [0.1, 0.15) is 0 Å². The number of hydrogen-bond donors (Lipinski definition) is 0. The quantitative estimate of drug-likeness (QED) is 0.746. The van der Waals surface area contributed by atoms with Gasteiger partial charge in [-0.3, -0.25) is 0 Å². The molecular weight excluding hydrogens is 288 g/mol. The highest BCUT2D eigenvalue weighted by atomic mass is 16.7. The molecule has 3 nitrogen and oxygen atoms in total. The van der Waals surface area contributed by atoms with Crippen LogP contribution in [0, 0.1) is 35.5 Å². The Morgan fingerprint density at radius 2 is 1.22 bits per heavy atom. The first kappa shape index (κ1) is 19.2. The van der Waals surface area contributed by atoms with Gasteiger partial charge in [-0.25, -0.2) is 0 Å². The molecule has 0 spiro atoms. The third kappa shape index (κ3) is 3.93. The van der Waals surface area contributed by atoms with Gasteiger partial charge in [0.2, 0.25) is 0 Å². The van der Waals surface area contributed by atoms with E-state index in [1.54, 1.807) is 0 Å². The van der Waals surface area contributed by atoms with Crippen molar-refractivity contribution in [2.75, 3.05) is 6.61 Å². The first-order valence-corrected chi connectivity index (χ1v) is 9.70. The molecule has 136 valence electrons. The number of rotatable bonds is 4. The molecule has 2 heterocycles. The Hall–Kier alpha value is -0.120. The first-order valence-electron chi connectivity index (χ1n) is 9.70. The van der Waals surface area contributed by atoms with Crippen molar-refractivity contribution in [2.24, 2.45) is 35.5 Å². The molecular formula is C20H38O3. The van der Waals surface area contributed by atoms with Crippen LogP contribution in [0.2, 0.25) is 0 Å². The fourth-order valence-corrected chi connectivity index (χ4v) is 4.29. The van der Waals surface area contributed by atoms with E-state index in [-0.39, 0.29) is 12.4 Å². The molecule has 0 aromatic heterocycles. The minimum atomic E-state index is -0.0908. The zero-order valence-corrected chi connectivity index (χ0v) is 16.4. The summed E-state index contributed by atoms with van der Waals surface area (Å²) in [5.74, 6) is 3.46. The molecule has 3 heteroatoms. The van der Waals surface area contributed by atoms with Crippen LogP contribution in [-0.2, 0) is 14.2 Å². The van der Waals surface area contributed by atoms with Gasteiger partial charge < -0.3 is 14.2 Å². The third-order valence-electron chi connectivity index (χ3n) is 7.19. The largest absolute Gasteiger partial charge is 0.372 e. The fraction of sp³-hybridized carbons (Fsp3) is 1.00. The Morgan fingerprint density at radius 1 is 0.652 bits per heavy atom. The summed E-state index contributed by atoms with van der Waals surface area (Å²) in [6.45, 7) is 18.9. The van der Waals surface area contributed by atoms with Crippen LogP contribution in [0.25, 0.3) is 0 Å². The lowest BCUT2D eigenvalue weighted by Crippen LogP contribution is -2.49. The van der Waals surface area contributed by atoms with Crippen LogP contribution in [0.5, 0.6) is 0 Å². The summed E-state index contributed by atoms with van der Waals surface area (Å²) in [7, 11) is 0. The van der Waals surface area contributed by atoms with Gasteiger partial charge in [0, 0.05) is 5.92 Å². The molecule has 0 saturated carbocycles. The molecule has 0 amide bonds. The van der Waals surface area contributed by atoms with Crippen LogP contribution in [0.1, 0.15) is 61.8 Å². The molecule has 6 unspecified atom stereocenters. The zero-order chi connectivity index (χ0) is 17.3. The monoisotopic (exact) mass is 326 g/mol. The van der Waals surface area contributed by atoms with Crippen LogP contribution >= 0.6 is 0 Å². The van der Waals surface area contributed by atoms with Crippen LogP contribution in [-0.4, -0.2) is 31.2 Å². The van der Waals surface area contributed by atoms with E-state index < -0.39 is 0 Å². The van der Waals surface area contributed by atoms with Crippen molar-refractivity contribution in [2.45, 2.75) is 86.4 Å². The topological polar surface area (TPSA) is 27.7 Å². The van der Waals surface area contributed by atoms with E-state index in [1.807, 2.05) is 0 Å². The van der Waals surface area contributed by atoms with Gasteiger partial charge >= 0.3 is 0 Å². The maximum Gasteiger partial charge on any atom is 0.160 e. The van der Waals surface area contributed by atoms with E-state index in [1.165, 1.54) is 0 Å². The average Bonchev–Trinajstić information content (AvgIpc) is 2.54. The van der Waals surface area contributed by atoms with Crippen molar-refractivity contribution in [3.05, 3.63) is 0 Å². The van der Waals surface area contributed by atoms with Gasteiger partial charge in [0.05, 0.1) is 24.9 Å². The predicted molar refractivity (Wildman–Crippen MR) is 94.2 cm³/mol. The van der Waals surface area contributed by atoms with Gasteiger partial charge in [0.15, 0.2) is 6.29 Å². The molecule has 2 aliphatic rings.